The third kappa shape index (κ3) is 3.54. The van der Waals surface area contributed by atoms with Crippen LogP contribution in [0.3, 0.4) is 0 Å². The molecule has 0 aliphatic heterocycles. The fourth-order valence-corrected chi connectivity index (χ4v) is 1.59. The van der Waals surface area contributed by atoms with E-state index in [2.05, 4.69) is 15.4 Å². The van der Waals surface area contributed by atoms with E-state index in [1.165, 1.54) is 6.92 Å². The van der Waals surface area contributed by atoms with Crippen LogP contribution in [0.1, 0.15) is 32.4 Å². The SMILES string of the molecule is CCc1nc(CC)n(CC(NC(C)=O)C(=O)O)n1. The predicted molar refractivity (Wildman–Crippen MR) is 64.0 cm³/mol. The van der Waals surface area contributed by atoms with Crippen molar-refractivity contribution in [2.45, 2.75) is 46.2 Å². The van der Waals surface area contributed by atoms with E-state index in [0.717, 1.165) is 5.82 Å². The zero-order valence-corrected chi connectivity index (χ0v) is 10.8. The molecule has 2 N–H and O–H groups in total. The summed E-state index contributed by atoms with van der Waals surface area (Å²) in [4.78, 5) is 26.3. The number of aliphatic carboxylic acids is 1. The van der Waals surface area contributed by atoms with Gasteiger partial charge in [0, 0.05) is 19.8 Å². The third-order valence-electron chi connectivity index (χ3n) is 2.46. The first-order chi connectivity index (χ1) is 8.47. The largest absolute Gasteiger partial charge is 0.480 e. The minimum Gasteiger partial charge on any atom is -0.480 e. The maximum atomic E-state index is 11.0. The van der Waals surface area contributed by atoms with Crippen LogP contribution in [0.2, 0.25) is 0 Å². The fraction of sp³-hybridized carbons (Fsp3) is 0.636. The Labute approximate surface area is 105 Å². The number of carboxylic acid groups (broad SMARTS) is 1. The quantitative estimate of drug-likeness (QED) is 0.744. The highest BCUT2D eigenvalue weighted by Gasteiger charge is 2.21. The Hall–Kier alpha value is -1.92. The van der Waals surface area contributed by atoms with Crippen molar-refractivity contribution in [3.63, 3.8) is 0 Å². The van der Waals surface area contributed by atoms with Crippen LogP contribution in [0.5, 0.6) is 0 Å². The summed E-state index contributed by atoms with van der Waals surface area (Å²) in [6, 6.07) is -0.987. The fourth-order valence-electron chi connectivity index (χ4n) is 1.59. The molecule has 7 heteroatoms. The normalized spacial score (nSPS) is 12.2. The summed E-state index contributed by atoms with van der Waals surface area (Å²) in [7, 11) is 0. The Morgan fingerprint density at radius 3 is 2.50 bits per heavy atom. The summed E-state index contributed by atoms with van der Waals surface area (Å²) in [5, 5.41) is 15.6. The molecule has 0 aromatic carbocycles. The van der Waals surface area contributed by atoms with E-state index in [0.29, 0.717) is 18.7 Å². The van der Waals surface area contributed by atoms with Crippen LogP contribution >= 0.6 is 0 Å². The highest BCUT2D eigenvalue weighted by atomic mass is 16.4. The van der Waals surface area contributed by atoms with Gasteiger partial charge in [-0.05, 0) is 0 Å². The van der Waals surface area contributed by atoms with Gasteiger partial charge in [-0.1, -0.05) is 13.8 Å². The van der Waals surface area contributed by atoms with Gasteiger partial charge in [-0.3, -0.25) is 4.79 Å². The molecule has 0 bridgehead atoms. The van der Waals surface area contributed by atoms with E-state index in [-0.39, 0.29) is 12.5 Å². The molecule has 1 rings (SSSR count). The lowest BCUT2D eigenvalue weighted by Crippen LogP contribution is -2.43. The van der Waals surface area contributed by atoms with Crippen LogP contribution in [-0.2, 0) is 29.0 Å². The molecule has 1 unspecified atom stereocenters. The number of hydrogen-bond donors (Lipinski definition) is 2. The van der Waals surface area contributed by atoms with Crippen LogP contribution in [-0.4, -0.2) is 37.8 Å². The lowest BCUT2D eigenvalue weighted by Gasteiger charge is -2.14. The molecule has 0 aliphatic carbocycles. The number of nitrogens with one attached hydrogen (secondary N) is 1. The van der Waals surface area contributed by atoms with Gasteiger partial charge in [0.1, 0.15) is 11.9 Å². The van der Waals surface area contributed by atoms with Gasteiger partial charge in [-0.15, -0.1) is 0 Å². The second-order valence-electron chi connectivity index (χ2n) is 3.92. The molecule has 0 aliphatic rings. The van der Waals surface area contributed by atoms with E-state index in [9.17, 15) is 9.59 Å². The number of carbonyl (C=O) groups is 2. The zero-order valence-electron chi connectivity index (χ0n) is 10.8. The second kappa shape index (κ2) is 6.13. The van der Waals surface area contributed by atoms with Gasteiger partial charge in [-0.2, -0.15) is 5.10 Å². The van der Waals surface area contributed by atoms with Crippen LogP contribution in [0.25, 0.3) is 0 Å². The first-order valence-corrected chi connectivity index (χ1v) is 5.90. The van der Waals surface area contributed by atoms with Crippen LogP contribution in [0, 0.1) is 0 Å². The molecule has 18 heavy (non-hydrogen) atoms. The van der Waals surface area contributed by atoms with Crippen LogP contribution in [0.15, 0.2) is 0 Å². The van der Waals surface area contributed by atoms with Crippen molar-refractivity contribution < 1.29 is 14.7 Å². The van der Waals surface area contributed by atoms with Gasteiger partial charge in [0.05, 0.1) is 6.54 Å². The number of carbonyl (C=O) groups excluding carboxylic acids is 1. The van der Waals surface area contributed by atoms with E-state index < -0.39 is 12.0 Å². The van der Waals surface area contributed by atoms with Crippen molar-refractivity contribution >= 4 is 11.9 Å². The summed E-state index contributed by atoms with van der Waals surface area (Å²) < 4.78 is 1.55. The van der Waals surface area contributed by atoms with Crippen molar-refractivity contribution in [1.82, 2.24) is 20.1 Å². The highest BCUT2D eigenvalue weighted by molar-refractivity contribution is 5.81. The van der Waals surface area contributed by atoms with Gasteiger partial charge >= 0.3 is 5.97 Å². The number of carboxylic acids is 1. The van der Waals surface area contributed by atoms with Crippen molar-refractivity contribution in [1.29, 1.82) is 0 Å². The molecule has 1 heterocycles. The molecule has 1 amide bonds. The summed E-state index contributed by atoms with van der Waals surface area (Å²) in [6.45, 7) is 5.23. The maximum Gasteiger partial charge on any atom is 0.328 e. The highest BCUT2D eigenvalue weighted by Crippen LogP contribution is 2.03. The summed E-state index contributed by atoms with van der Waals surface area (Å²) >= 11 is 0. The summed E-state index contributed by atoms with van der Waals surface area (Å²) in [6.07, 6.45) is 1.36. The van der Waals surface area contributed by atoms with Crippen molar-refractivity contribution in [2.75, 3.05) is 0 Å². The molecule has 0 saturated heterocycles. The maximum absolute atomic E-state index is 11.0. The molecule has 1 atom stereocenters. The van der Waals surface area contributed by atoms with Gasteiger partial charge in [0.15, 0.2) is 5.82 Å². The van der Waals surface area contributed by atoms with Crippen LogP contribution < -0.4 is 5.32 Å². The average molecular weight is 254 g/mol. The van der Waals surface area contributed by atoms with Gasteiger partial charge in [-0.25, -0.2) is 14.5 Å². The smallest absolute Gasteiger partial charge is 0.328 e. The number of nitrogens with zero attached hydrogens (tertiary/aromatic N) is 3. The molecular weight excluding hydrogens is 236 g/mol. The average Bonchev–Trinajstić information content (AvgIpc) is 2.69. The third-order valence-corrected chi connectivity index (χ3v) is 2.46. The molecule has 0 spiro atoms. The molecule has 1 aromatic rings. The number of aryl methyl sites for hydroxylation is 2. The molecule has 0 saturated carbocycles. The molecular formula is C11H18N4O3. The lowest BCUT2D eigenvalue weighted by molar-refractivity contribution is -0.142. The minimum atomic E-state index is -1.08. The summed E-state index contributed by atoms with van der Waals surface area (Å²) in [5.41, 5.74) is 0. The Morgan fingerprint density at radius 2 is 2.06 bits per heavy atom. The molecule has 0 fully saturated rings. The van der Waals surface area contributed by atoms with Gasteiger partial charge < -0.3 is 10.4 Å². The number of rotatable bonds is 6. The first kappa shape index (κ1) is 14.1. The number of amides is 1. The standard InChI is InChI=1S/C11H18N4O3/c1-4-9-13-10(5-2)15(14-9)6-8(11(17)18)12-7(3)16/h8H,4-6H2,1-3H3,(H,12,16)(H,17,18). The Balaban J connectivity index is 2.88. The number of aromatic nitrogens is 3. The molecule has 1 aromatic heterocycles. The molecule has 7 nitrogen and oxygen atoms in total. The van der Waals surface area contributed by atoms with Gasteiger partial charge in [0.25, 0.3) is 0 Å². The Bertz CT molecular complexity index is 441. The van der Waals surface area contributed by atoms with Crippen molar-refractivity contribution in [3.05, 3.63) is 11.6 Å². The van der Waals surface area contributed by atoms with E-state index in [4.69, 9.17) is 5.11 Å². The second-order valence-corrected chi connectivity index (χ2v) is 3.92. The molecule has 0 radical (unpaired) electrons. The van der Waals surface area contributed by atoms with Gasteiger partial charge in [0.2, 0.25) is 5.91 Å². The summed E-state index contributed by atoms with van der Waals surface area (Å²) in [5.74, 6) is -0.0562. The number of hydrogen-bond acceptors (Lipinski definition) is 4. The Kier molecular flexibility index (Phi) is 4.82. The Morgan fingerprint density at radius 1 is 1.39 bits per heavy atom. The first-order valence-electron chi connectivity index (χ1n) is 5.90. The topological polar surface area (TPSA) is 97.1 Å². The monoisotopic (exact) mass is 254 g/mol. The molecule has 100 valence electrons. The van der Waals surface area contributed by atoms with E-state index in [1.807, 2.05) is 13.8 Å². The van der Waals surface area contributed by atoms with E-state index in [1.54, 1.807) is 4.68 Å². The zero-order chi connectivity index (χ0) is 13.7. The van der Waals surface area contributed by atoms with Crippen LogP contribution in [0.4, 0.5) is 0 Å². The van der Waals surface area contributed by atoms with E-state index >= 15 is 0 Å². The van der Waals surface area contributed by atoms with Crippen molar-refractivity contribution in [2.24, 2.45) is 0 Å². The minimum absolute atomic E-state index is 0.0884. The lowest BCUT2D eigenvalue weighted by atomic mass is 10.3. The predicted octanol–water partition coefficient (Wildman–Crippen LogP) is -0.00780. The van der Waals surface area contributed by atoms with Crippen molar-refractivity contribution in [3.8, 4) is 0 Å².